The number of halogens is 1. The zero-order valence-corrected chi connectivity index (χ0v) is 18.1. The molecule has 8 heteroatoms. The van der Waals surface area contributed by atoms with Crippen LogP contribution in [0, 0.1) is 5.82 Å². The highest BCUT2D eigenvalue weighted by atomic mass is 32.2. The first-order valence-corrected chi connectivity index (χ1v) is 12.0. The van der Waals surface area contributed by atoms with E-state index < -0.39 is 9.84 Å². The highest BCUT2D eigenvalue weighted by molar-refractivity contribution is 7.90. The number of rotatable bonds is 7. The van der Waals surface area contributed by atoms with E-state index in [1.165, 1.54) is 6.07 Å². The molecule has 2 aromatic rings. The van der Waals surface area contributed by atoms with Crippen molar-refractivity contribution in [2.45, 2.75) is 12.2 Å². The van der Waals surface area contributed by atoms with Gasteiger partial charge < -0.3 is 15.1 Å². The van der Waals surface area contributed by atoms with Crippen LogP contribution in [0.25, 0.3) is 0 Å². The third-order valence-electron chi connectivity index (χ3n) is 5.13. The van der Waals surface area contributed by atoms with Crippen molar-refractivity contribution >= 4 is 21.5 Å². The van der Waals surface area contributed by atoms with Crippen LogP contribution in [0.5, 0.6) is 0 Å². The molecule has 0 amide bonds. The summed E-state index contributed by atoms with van der Waals surface area (Å²) in [6, 6.07) is 16.1. The van der Waals surface area contributed by atoms with Gasteiger partial charge in [0.2, 0.25) is 0 Å². The van der Waals surface area contributed by atoms with E-state index in [-0.39, 0.29) is 17.3 Å². The Bertz CT molecular complexity index is 943. The molecule has 2 aromatic carbocycles. The summed E-state index contributed by atoms with van der Waals surface area (Å²) in [7, 11) is -1.42. The first-order valence-electron chi connectivity index (χ1n) is 10.2. The number of nitrogens with zero attached hydrogens (tertiary/aromatic N) is 3. The second-order valence-electron chi connectivity index (χ2n) is 7.33. The fraction of sp³-hybridized carbons (Fsp3) is 0.409. The fourth-order valence-corrected chi connectivity index (χ4v) is 5.02. The number of sulfone groups is 1. The predicted molar refractivity (Wildman–Crippen MR) is 120 cm³/mol. The summed E-state index contributed by atoms with van der Waals surface area (Å²) in [6.07, 6.45) is 0.517. The second kappa shape index (κ2) is 10.4. The lowest BCUT2D eigenvalue weighted by molar-refractivity contribution is 0.371. The van der Waals surface area contributed by atoms with Gasteiger partial charge in [-0.3, -0.25) is 4.99 Å². The molecule has 0 bridgehead atoms. The van der Waals surface area contributed by atoms with Crippen molar-refractivity contribution in [3.63, 3.8) is 0 Å². The Balaban J connectivity index is 1.42. The molecule has 1 aliphatic heterocycles. The quantitative estimate of drug-likeness (QED) is 0.414. The maximum absolute atomic E-state index is 14.0. The minimum Gasteiger partial charge on any atom is -0.366 e. The predicted octanol–water partition coefficient (Wildman–Crippen LogP) is 2.53. The van der Waals surface area contributed by atoms with Gasteiger partial charge in [-0.1, -0.05) is 42.5 Å². The van der Waals surface area contributed by atoms with Crippen LogP contribution in [-0.2, 0) is 15.6 Å². The Morgan fingerprint density at radius 3 is 2.37 bits per heavy atom. The highest BCUT2D eigenvalue weighted by Crippen LogP contribution is 2.20. The largest absolute Gasteiger partial charge is 0.366 e. The number of hydrogen-bond donors (Lipinski definition) is 1. The van der Waals surface area contributed by atoms with E-state index in [2.05, 4.69) is 15.2 Å². The topological polar surface area (TPSA) is 65.0 Å². The lowest BCUT2D eigenvalue weighted by Gasteiger charge is -2.37. The number of hydrogen-bond acceptors (Lipinski definition) is 4. The molecule has 3 rings (SSSR count). The van der Waals surface area contributed by atoms with Crippen molar-refractivity contribution in [1.29, 1.82) is 0 Å². The molecule has 0 unspecified atom stereocenters. The number of guanidine groups is 1. The smallest absolute Gasteiger partial charge is 0.193 e. The summed E-state index contributed by atoms with van der Waals surface area (Å²) >= 11 is 0. The van der Waals surface area contributed by atoms with E-state index in [4.69, 9.17) is 0 Å². The molecule has 0 radical (unpaired) electrons. The molecule has 1 N–H and O–H groups in total. The zero-order chi connectivity index (χ0) is 21.4. The Kier molecular flexibility index (Phi) is 7.68. The summed E-state index contributed by atoms with van der Waals surface area (Å²) in [6.45, 7) is 3.38. The van der Waals surface area contributed by atoms with Crippen LogP contribution in [-0.4, -0.2) is 64.8 Å². The van der Waals surface area contributed by atoms with E-state index in [1.54, 1.807) is 19.2 Å². The third kappa shape index (κ3) is 6.19. The average molecular weight is 433 g/mol. The first kappa shape index (κ1) is 22.1. The van der Waals surface area contributed by atoms with Crippen LogP contribution in [0.4, 0.5) is 10.1 Å². The Morgan fingerprint density at radius 1 is 1.03 bits per heavy atom. The van der Waals surface area contributed by atoms with Crippen molar-refractivity contribution in [2.24, 2.45) is 4.99 Å². The Morgan fingerprint density at radius 2 is 1.70 bits per heavy atom. The summed E-state index contributed by atoms with van der Waals surface area (Å²) < 4.78 is 38.6. The molecule has 0 aliphatic carbocycles. The number of para-hydroxylation sites is 1. The lowest BCUT2D eigenvalue weighted by atomic mass is 10.2. The van der Waals surface area contributed by atoms with E-state index in [0.29, 0.717) is 31.7 Å². The van der Waals surface area contributed by atoms with Crippen molar-refractivity contribution in [1.82, 2.24) is 10.2 Å². The van der Waals surface area contributed by atoms with Gasteiger partial charge in [0.05, 0.1) is 17.2 Å². The fourth-order valence-electron chi connectivity index (χ4n) is 3.59. The van der Waals surface area contributed by atoms with Gasteiger partial charge in [-0.25, -0.2) is 12.8 Å². The molecular weight excluding hydrogens is 403 g/mol. The molecule has 0 saturated carbocycles. The molecule has 6 nitrogen and oxygen atoms in total. The SMILES string of the molecule is CN=C(NCCCS(=O)(=O)Cc1ccccc1)N1CCN(c2ccccc2F)CC1. The van der Waals surface area contributed by atoms with Gasteiger partial charge in [-0.05, 0) is 24.1 Å². The summed E-state index contributed by atoms with van der Waals surface area (Å²) in [5.74, 6) is 0.752. The summed E-state index contributed by atoms with van der Waals surface area (Å²) in [4.78, 5) is 8.48. The van der Waals surface area contributed by atoms with Gasteiger partial charge in [-0.2, -0.15) is 0 Å². The van der Waals surface area contributed by atoms with E-state index >= 15 is 0 Å². The normalized spacial score (nSPS) is 15.3. The average Bonchev–Trinajstić information content (AvgIpc) is 2.75. The van der Waals surface area contributed by atoms with Crippen LogP contribution in [0.1, 0.15) is 12.0 Å². The lowest BCUT2D eigenvalue weighted by Crippen LogP contribution is -2.52. The van der Waals surface area contributed by atoms with Gasteiger partial charge in [-0.15, -0.1) is 0 Å². The number of aliphatic imine (C=N–C) groups is 1. The first-order chi connectivity index (χ1) is 14.5. The van der Waals surface area contributed by atoms with Crippen LogP contribution >= 0.6 is 0 Å². The van der Waals surface area contributed by atoms with E-state index in [0.717, 1.165) is 24.6 Å². The number of nitrogens with one attached hydrogen (secondary N) is 1. The minimum atomic E-state index is -3.14. The summed E-state index contributed by atoms with van der Waals surface area (Å²) in [5.41, 5.74) is 1.44. The monoisotopic (exact) mass is 432 g/mol. The molecule has 1 fully saturated rings. The molecule has 30 heavy (non-hydrogen) atoms. The van der Waals surface area contributed by atoms with Gasteiger partial charge in [0.25, 0.3) is 0 Å². The van der Waals surface area contributed by atoms with Crippen molar-refractivity contribution in [3.8, 4) is 0 Å². The highest BCUT2D eigenvalue weighted by Gasteiger charge is 2.21. The van der Waals surface area contributed by atoms with Crippen molar-refractivity contribution < 1.29 is 12.8 Å². The Labute approximate surface area is 178 Å². The van der Waals surface area contributed by atoms with E-state index in [1.807, 2.05) is 41.3 Å². The molecule has 162 valence electrons. The summed E-state index contributed by atoms with van der Waals surface area (Å²) in [5, 5.41) is 3.26. The Hall–Kier alpha value is -2.61. The minimum absolute atomic E-state index is 0.0700. The molecular formula is C22H29FN4O2S. The number of benzene rings is 2. The zero-order valence-electron chi connectivity index (χ0n) is 17.3. The van der Waals surface area contributed by atoms with Crippen molar-refractivity contribution in [2.75, 3.05) is 50.4 Å². The molecule has 1 heterocycles. The maximum Gasteiger partial charge on any atom is 0.193 e. The van der Waals surface area contributed by atoms with Gasteiger partial charge in [0.1, 0.15) is 5.82 Å². The number of piperazine rings is 1. The van der Waals surface area contributed by atoms with Crippen LogP contribution < -0.4 is 10.2 Å². The standard InChI is InChI=1S/C22H29FN4O2S/c1-24-22(25-12-7-17-30(28,29)18-19-8-3-2-4-9-19)27-15-13-26(14-16-27)21-11-6-5-10-20(21)23/h2-6,8-11H,7,12-18H2,1H3,(H,24,25). The molecule has 0 spiro atoms. The molecule has 0 aromatic heterocycles. The van der Waals surface area contributed by atoms with E-state index in [9.17, 15) is 12.8 Å². The van der Waals surface area contributed by atoms with Gasteiger partial charge >= 0.3 is 0 Å². The van der Waals surface area contributed by atoms with Gasteiger partial charge in [0, 0.05) is 39.8 Å². The number of anilines is 1. The molecule has 1 saturated heterocycles. The van der Waals surface area contributed by atoms with Crippen molar-refractivity contribution in [3.05, 3.63) is 66.0 Å². The second-order valence-corrected chi connectivity index (χ2v) is 9.51. The molecule has 0 atom stereocenters. The van der Waals surface area contributed by atoms with Crippen LogP contribution in [0.15, 0.2) is 59.6 Å². The van der Waals surface area contributed by atoms with Gasteiger partial charge in [0.15, 0.2) is 15.8 Å². The van der Waals surface area contributed by atoms with Crippen LogP contribution in [0.3, 0.4) is 0 Å². The third-order valence-corrected chi connectivity index (χ3v) is 6.81. The maximum atomic E-state index is 14.0. The van der Waals surface area contributed by atoms with Crippen LogP contribution in [0.2, 0.25) is 0 Å². The molecule has 1 aliphatic rings.